The van der Waals surface area contributed by atoms with Gasteiger partial charge in [0.25, 0.3) is 0 Å². The van der Waals surface area contributed by atoms with Crippen LogP contribution >= 0.6 is 27.5 Å². The van der Waals surface area contributed by atoms with Crippen molar-refractivity contribution < 1.29 is 0 Å². The maximum Gasteiger partial charge on any atom is 0.171 e. The third kappa shape index (κ3) is 3.17. The van der Waals surface area contributed by atoms with Crippen LogP contribution in [0.5, 0.6) is 0 Å². The number of benzene rings is 1. The third-order valence-electron chi connectivity index (χ3n) is 2.38. The predicted octanol–water partition coefficient (Wildman–Crippen LogP) is 4.07. The molecule has 0 aliphatic rings. The number of hydrogen-bond acceptors (Lipinski definition) is 3. The topological polar surface area (TPSA) is 37.8 Å². The molecule has 2 rings (SSSR count). The van der Waals surface area contributed by atoms with Gasteiger partial charge in [-0.05, 0) is 24.6 Å². The van der Waals surface area contributed by atoms with Gasteiger partial charge in [-0.2, -0.15) is 0 Å². The molecule has 0 bridgehead atoms. The van der Waals surface area contributed by atoms with Gasteiger partial charge in [-0.1, -0.05) is 39.7 Å². The quantitative estimate of drug-likeness (QED) is 0.928. The Morgan fingerprint density at radius 1 is 1.18 bits per heavy atom. The summed E-state index contributed by atoms with van der Waals surface area (Å²) in [4.78, 5) is 8.12. The molecule has 0 saturated carbocycles. The van der Waals surface area contributed by atoms with Gasteiger partial charge in [-0.15, -0.1) is 0 Å². The molecular weight excluding hydrogens is 302 g/mol. The molecule has 0 aliphatic carbocycles. The van der Waals surface area contributed by atoms with Crippen LogP contribution in [0.15, 0.2) is 41.1 Å². The Kier molecular flexibility index (Phi) is 3.97. The highest BCUT2D eigenvalue weighted by Crippen LogP contribution is 2.23. The minimum atomic E-state index is 0.122. The number of hydrogen-bond donors (Lipinski definition) is 1. The van der Waals surface area contributed by atoms with Crippen LogP contribution in [0.1, 0.15) is 18.5 Å². The molecule has 1 aromatic heterocycles. The lowest BCUT2D eigenvalue weighted by Gasteiger charge is -2.15. The molecule has 1 aromatic carbocycles. The van der Waals surface area contributed by atoms with Crippen molar-refractivity contribution in [3.63, 3.8) is 0 Å². The summed E-state index contributed by atoms with van der Waals surface area (Å²) in [5.74, 6) is 0.601. The van der Waals surface area contributed by atoms with E-state index in [9.17, 15) is 0 Å². The summed E-state index contributed by atoms with van der Waals surface area (Å²) in [7, 11) is 0. The van der Waals surface area contributed by atoms with Gasteiger partial charge in [-0.25, -0.2) is 9.97 Å². The standard InChI is InChI=1S/C12H11BrClN3/c1-8(9-2-4-10(13)5-3-9)17-12-11(14)15-6-7-16-12/h2-8H,1H3,(H,16,17). The highest BCUT2D eigenvalue weighted by atomic mass is 79.9. The number of aromatic nitrogens is 2. The largest absolute Gasteiger partial charge is 0.361 e. The molecule has 88 valence electrons. The molecule has 1 atom stereocenters. The smallest absolute Gasteiger partial charge is 0.171 e. The van der Waals surface area contributed by atoms with Gasteiger partial charge in [-0.3, -0.25) is 0 Å². The second-order valence-corrected chi connectivity index (χ2v) is 4.89. The van der Waals surface area contributed by atoms with Crippen molar-refractivity contribution in [3.8, 4) is 0 Å². The van der Waals surface area contributed by atoms with Gasteiger partial charge >= 0.3 is 0 Å². The molecule has 2 aromatic rings. The first kappa shape index (κ1) is 12.3. The normalized spacial score (nSPS) is 12.2. The van der Waals surface area contributed by atoms with E-state index in [1.54, 1.807) is 12.4 Å². The first-order valence-electron chi connectivity index (χ1n) is 5.15. The van der Waals surface area contributed by atoms with Gasteiger partial charge in [0.2, 0.25) is 0 Å². The summed E-state index contributed by atoms with van der Waals surface area (Å²) in [6.45, 7) is 2.05. The minimum Gasteiger partial charge on any atom is -0.361 e. The lowest BCUT2D eigenvalue weighted by atomic mass is 10.1. The van der Waals surface area contributed by atoms with E-state index in [1.165, 1.54) is 0 Å². The van der Waals surface area contributed by atoms with Crippen LogP contribution < -0.4 is 5.32 Å². The number of anilines is 1. The van der Waals surface area contributed by atoms with Gasteiger partial charge in [0.05, 0.1) is 6.04 Å². The van der Waals surface area contributed by atoms with Crippen molar-refractivity contribution in [3.05, 3.63) is 51.8 Å². The zero-order chi connectivity index (χ0) is 12.3. The van der Waals surface area contributed by atoms with Crippen LogP contribution in [0.2, 0.25) is 5.15 Å². The molecule has 0 fully saturated rings. The minimum absolute atomic E-state index is 0.122. The molecule has 3 nitrogen and oxygen atoms in total. The lowest BCUT2D eigenvalue weighted by Crippen LogP contribution is -2.08. The Hall–Kier alpha value is -1.13. The lowest BCUT2D eigenvalue weighted by molar-refractivity contribution is 0.871. The van der Waals surface area contributed by atoms with E-state index < -0.39 is 0 Å². The van der Waals surface area contributed by atoms with Crippen LogP contribution in [0.4, 0.5) is 5.82 Å². The second-order valence-electron chi connectivity index (χ2n) is 3.61. The molecule has 5 heteroatoms. The van der Waals surface area contributed by atoms with Crippen LogP contribution in [0, 0.1) is 0 Å². The fraction of sp³-hybridized carbons (Fsp3) is 0.167. The van der Waals surface area contributed by atoms with E-state index in [-0.39, 0.29) is 6.04 Å². The van der Waals surface area contributed by atoms with Gasteiger partial charge in [0.1, 0.15) is 0 Å². The van der Waals surface area contributed by atoms with E-state index >= 15 is 0 Å². The summed E-state index contributed by atoms with van der Waals surface area (Å²) < 4.78 is 1.06. The molecule has 1 unspecified atom stereocenters. The van der Waals surface area contributed by atoms with Crippen molar-refractivity contribution in [2.45, 2.75) is 13.0 Å². The molecule has 1 N–H and O–H groups in total. The molecular formula is C12H11BrClN3. The van der Waals surface area contributed by atoms with E-state index in [1.807, 2.05) is 31.2 Å². The van der Waals surface area contributed by atoms with Gasteiger partial charge in [0.15, 0.2) is 11.0 Å². The summed E-state index contributed by atoms with van der Waals surface area (Å²) in [6, 6.07) is 8.23. The van der Waals surface area contributed by atoms with Crippen molar-refractivity contribution in [2.75, 3.05) is 5.32 Å². The SMILES string of the molecule is CC(Nc1nccnc1Cl)c1ccc(Br)cc1. The Balaban J connectivity index is 2.14. The zero-order valence-electron chi connectivity index (χ0n) is 9.19. The number of halogens is 2. The van der Waals surface area contributed by atoms with E-state index in [2.05, 4.69) is 31.2 Å². The number of nitrogens with zero attached hydrogens (tertiary/aromatic N) is 2. The highest BCUT2D eigenvalue weighted by Gasteiger charge is 2.08. The fourth-order valence-corrected chi connectivity index (χ4v) is 1.88. The van der Waals surface area contributed by atoms with Crippen LogP contribution in [0.25, 0.3) is 0 Å². The summed E-state index contributed by atoms with van der Waals surface area (Å²) in [6.07, 6.45) is 3.18. The fourth-order valence-electron chi connectivity index (χ4n) is 1.46. The maximum atomic E-state index is 5.94. The Labute approximate surface area is 113 Å². The first-order chi connectivity index (χ1) is 8.16. The Morgan fingerprint density at radius 2 is 1.82 bits per heavy atom. The molecule has 0 saturated heterocycles. The van der Waals surface area contributed by atoms with Crippen LogP contribution in [-0.4, -0.2) is 9.97 Å². The number of nitrogens with one attached hydrogen (secondary N) is 1. The van der Waals surface area contributed by atoms with Crippen molar-refractivity contribution >= 4 is 33.3 Å². The number of rotatable bonds is 3. The monoisotopic (exact) mass is 311 g/mol. The van der Waals surface area contributed by atoms with Gasteiger partial charge in [0, 0.05) is 16.9 Å². The molecule has 17 heavy (non-hydrogen) atoms. The average Bonchev–Trinajstić information content (AvgIpc) is 2.33. The second kappa shape index (κ2) is 5.47. The Bertz CT molecular complexity index is 501. The average molecular weight is 313 g/mol. The van der Waals surface area contributed by atoms with E-state index in [0.717, 1.165) is 10.0 Å². The zero-order valence-corrected chi connectivity index (χ0v) is 11.5. The maximum absolute atomic E-state index is 5.94. The molecule has 0 spiro atoms. The summed E-state index contributed by atoms with van der Waals surface area (Å²) >= 11 is 9.35. The Morgan fingerprint density at radius 3 is 2.47 bits per heavy atom. The van der Waals surface area contributed by atoms with Crippen molar-refractivity contribution in [1.29, 1.82) is 0 Å². The third-order valence-corrected chi connectivity index (χ3v) is 3.18. The molecule has 0 amide bonds. The highest BCUT2D eigenvalue weighted by molar-refractivity contribution is 9.10. The predicted molar refractivity (Wildman–Crippen MR) is 73.2 cm³/mol. The molecule has 0 radical (unpaired) electrons. The molecule has 1 heterocycles. The van der Waals surface area contributed by atoms with Crippen molar-refractivity contribution in [2.24, 2.45) is 0 Å². The van der Waals surface area contributed by atoms with Crippen LogP contribution in [0.3, 0.4) is 0 Å². The first-order valence-corrected chi connectivity index (χ1v) is 6.32. The summed E-state index contributed by atoms with van der Waals surface area (Å²) in [5.41, 5.74) is 1.16. The molecule has 0 aliphatic heterocycles. The van der Waals surface area contributed by atoms with Gasteiger partial charge < -0.3 is 5.32 Å². The van der Waals surface area contributed by atoms with Crippen molar-refractivity contribution in [1.82, 2.24) is 9.97 Å². The van der Waals surface area contributed by atoms with E-state index in [4.69, 9.17) is 11.6 Å². The van der Waals surface area contributed by atoms with Crippen LogP contribution in [-0.2, 0) is 0 Å². The summed E-state index contributed by atoms with van der Waals surface area (Å²) in [5, 5.41) is 3.61. The van der Waals surface area contributed by atoms with E-state index in [0.29, 0.717) is 11.0 Å².